The fraction of sp³-hybridized carbons (Fsp3) is 1.00. The molecule has 0 radical (unpaired) electrons. The minimum Gasteiger partial charge on any atom is -0.312 e. The van der Waals surface area contributed by atoms with E-state index in [1.807, 2.05) is 0 Å². The first kappa shape index (κ1) is 13.4. The maximum atomic E-state index is 3.72. The number of rotatable bonds is 5. The monoisotopic (exact) mass is 238 g/mol. The van der Waals surface area contributed by atoms with Crippen LogP contribution in [-0.4, -0.2) is 36.6 Å². The summed E-state index contributed by atoms with van der Waals surface area (Å²) in [7, 11) is 0. The lowest BCUT2D eigenvalue weighted by atomic mass is 9.82. The molecule has 1 unspecified atom stereocenters. The Morgan fingerprint density at radius 2 is 2.00 bits per heavy atom. The highest BCUT2D eigenvalue weighted by Crippen LogP contribution is 2.31. The molecule has 1 aliphatic heterocycles. The van der Waals surface area contributed by atoms with Crippen molar-refractivity contribution in [1.82, 2.24) is 10.2 Å². The second kappa shape index (κ2) is 5.27. The van der Waals surface area contributed by atoms with Gasteiger partial charge >= 0.3 is 0 Å². The average molecular weight is 238 g/mol. The molecule has 1 saturated carbocycles. The predicted octanol–water partition coefficient (Wildman–Crippen LogP) is 2.89. The van der Waals surface area contributed by atoms with Crippen LogP contribution in [0.1, 0.15) is 53.4 Å². The molecule has 2 nitrogen and oxygen atoms in total. The Labute approximate surface area is 107 Å². The van der Waals surface area contributed by atoms with Crippen molar-refractivity contribution in [3.05, 3.63) is 0 Å². The highest BCUT2D eigenvalue weighted by molar-refractivity contribution is 4.89. The molecular formula is C15H30N2. The Kier molecular flexibility index (Phi) is 4.14. The highest BCUT2D eigenvalue weighted by Gasteiger charge is 2.32. The van der Waals surface area contributed by atoms with Crippen molar-refractivity contribution in [2.75, 3.05) is 19.6 Å². The van der Waals surface area contributed by atoms with Crippen LogP contribution < -0.4 is 5.32 Å². The molecule has 0 aromatic rings. The SMILES string of the molecule is CC(C)C(CNC1CC1)N1CCCC(C)(C)C1. The molecule has 1 aliphatic carbocycles. The lowest BCUT2D eigenvalue weighted by Gasteiger charge is -2.44. The molecule has 0 aromatic carbocycles. The summed E-state index contributed by atoms with van der Waals surface area (Å²) < 4.78 is 0. The topological polar surface area (TPSA) is 15.3 Å². The summed E-state index contributed by atoms with van der Waals surface area (Å²) >= 11 is 0. The summed E-state index contributed by atoms with van der Waals surface area (Å²) in [4.78, 5) is 2.74. The first-order valence-corrected chi connectivity index (χ1v) is 7.45. The van der Waals surface area contributed by atoms with E-state index < -0.39 is 0 Å². The van der Waals surface area contributed by atoms with Crippen molar-refractivity contribution in [3.8, 4) is 0 Å². The number of nitrogens with one attached hydrogen (secondary N) is 1. The van der Waals surface area contributed by atoms with Crippen molar-refractivity contribution >= 4 is 0 Å². The van der Waals surface area contributed by atoms with Gasteiger partial charge in [-0.3, -0.25) is 4.90 Å². The Balaban J connectivity index is 1.89. The average Bonchev–Trinajstić information content (AvgIpc) is 2.99. The third-order valence-corrected chi connectivity index (χ3v) is 4.36. The fourth-order valence-corrected chi connectivity index (χ4v) is 3.11. The van der Waals surface area contributed by atoms with Crippen LogP contribution in [0.3, 0.4) is 0 Å². The van der Waals surface area contributed by atoms with Crippen LogP contribution in [0.5, 0.6) is 0 Å². The molecule has 2 fully saturated rings. The molecule has 0 spiro atoms. The summed E-state index contributed by atoms with van der Waals surface area (Å²) in [6.45, 7) is 13.4. The zero-order valence-electron chi connectivity index (χ0n) is 12.1. The molecule has 1 saturated heterocycles. The minimum atomic E-state index is 0.519. The van der Waals surface area contributed by atoms with Crippen LogP contribution in [0.25, 0.3) is 0 Å². The van der Waals surface area contributed by atoms with Crippen LogP contribution >= 0.6 is 0 Å². The van der Waals surface area contributed by atoms with Crippen LogP contribution in [0.4, 0.5) is 0 Å². The number of hydrogen-bond acceptors (Lipinski definition) is 2. The Morgan fingerprint density at radius 1 is 1.29 bits per heavy atom. The molecular weight excluding hydrogens is 208 g/mol. The van der Waals surface area contributed by atoms with Crippen molar-refractivity contribution in [2.24, 2.45) is 11.3 Å². The summed E-state index contributed by atoms with van der Waals surface area (Å²) in [6.07, 6.45) is 5.57. The highest BCUT2D eigenvalue weighted by atomic mass is 15.2. The normalized spacial score (nSPS) is 27.4. The fourth-order valence-electron chi connectivity index (χ4n) is 3.11. The number of nitrogens with zero attached hydrogens (tertiary/aromatic N) is 1. The van der Waals surface area contributed by atoms with E-state index in [0.717, 1.165) is 18.0 Å². The van der Waals surface area contributed by atoms with E-state index >= 15 is 0 Å². The Morgan fingerprint density at radius 3 is 2.53 bits per heavy atom. The van der Waals surface area contributed by atoms with Gasteiger partial charge in [0.15, 0.2) is 0 Å². The quantitative estimate of drug-likeness (QED) is 0.792. The second-order valence-corrected chi connectivity index (χ2v) is 7.23. The molecule has 0 aromatic heterocycles. The molecule has 17 heavy (non-hydrogen) atoms. The smallest absolute Gasteiger partial charge is 0.0243 e. The second-order valence-electron chi connectivity index (χ2n) is 7.23. The van der Waals surface area contributed by atoms with Gasteiger partial charge in [0.25, 0.3) is 0 Å². The summed E-state index contributed by atoms with van der Waals surface area (Å²) in [5, 5.41) is 3.72. The molecule has 2 rings (SSSR count). The third-order valence-electron chi connectivity index (χ3n) is 4.36. The molecule has 2 aliphatic rings. The lowest BCUT2D eigenvalue weighted by molar-refractivity contribution is 0.0581. The molecule has 1 N–H and O–H groups in total. The maximum absolute atomic E-state index is 3.72. The summed E-state index contributed by atoms with van der Waals surface area (Å²) in [6, 6.07) is 1.57. The van der Waals surface area contributed by atoms with E-state index in [2.05, 4.69) is 37.9 Å². The van der Waals surface area contributed by atoms with Crippen molar-refractivity contribution in [2.45, 2.75) is 65.5 Å². The number of hydrogen-bond donors (Lipinski definition) is 1. The maximum Gasteiger partial charge on any atom is 0.0243 e. The van der Waals surface area contributed by atoms with E-state index in [4.69, 9.17) is 0 Å². The predicted molar refractivity (Wildman–Crippen MR) is 74.2 cm³/mol. The van der Waals surface area contributed by atoms with Gasteiger partial charge in [-0.05, 0) is 43.6 Å². The molecule has 1 atom stereocenters. The molecule has 100 valence electrons. The minimum absolute atomic E-state index is 0.519. The first-order valence-electron chi connectivity index (χ1n) is 7.45. The zero-order chi connectivity index (χ0) is 12.5. The van der Waals surface area contributed by atoms with Crippen LogP contribution in [-0.2, 0) is 0 Å². The van der Waals surface area contributed by atoms with Gasteiger partial charge in [-0.2, -0.15) is 0 Å². The van der Waals surface area contributed by atoms with E-state index in [-0.39, 0.29) is 0 Å². The van der Waals surface area contributed by atoms with Gasteiger partial charge in [0.2, 0.25) is 0 Å². The van der Waals surface area contributed by atoms with Crippen LogP contribution in [0.2, 0.25) is 0 Å². The summed E-state index contributed by atoms with van der Waals surface area (Å²) in [5.41, 5.74) is 0.519. The van der Waals surface area contributed by atoms with Gasteiger partial charge in [-0.15, -0.1) is 0 Å². The Bertz CT molecular complexity index is 243. The van der Waals surface area contributed by atoms with Gasteiger partial charge in [0.05, 0.1) is 0 Å². The van der Waals surface area contributed by atoms with Crippen molar-refractivity contribution in [1.29, 1.82) is 0 Å². The van der Waals surface area contributed by atoms with Crippen molar-refractivity contribution in [3.63, 3.8) is 0 Å². The van der Waals surface area contributed by atoms with E-state index in [0.29, 0.717) is 5.41 Å². The van der Waals surface area contributed by atoms with E-state index in [1.54, 1.807) is 0 Å². The van der Waals surface area contributed by atoms with Gasteiger partial charge < -0.3 is 5.32 Å². The van der Waals surface area contributed by atoms with Crippen LogP contribution in [0.15, 0.2) is 0 Å². The largest absolute Gasteiger partial charge is 0.312 e. The van der Waals surface area contributed by atoms with Crippen LogP contribution in [0, 0.1) is 11.3 Å². The first-order chi connectivity index (χ1) is 7.98. The zero-order valence-corrected chi connectivity index (χ0v) is 12.1. The Hall–Kier alpha value is -0.0800. The number of likely N-dealkylation sites (tertiary alicyclic amines) is 1. The van der Waals surface area contributed by atoms with E-state index in [1.165, 1.54) is 45.3 Å². The molecule has 1 heterocycles. The standard InChI is InChI=1S/C15H30N2/c1-12(2)14(10-16-13-6-7-13)17-9-5-8-15(3,4)11-17/h12-14,16H,5-11H2,1-4H3. The lowest BCUT2D eigenvalue weighted by Crippen LogP contribution is -2.52. The summed E-state index contributed by atoms with van der Waals surface area (Å²) in [5.74, 6) is 0.759. The van der Waals surface area contributed by atoms with Gasteiger partial charge in [-0.1, -0.05) is 27.7 Å². The van der Waals surface area contributed by atoms with Gasteiger partial charge in [-0.25, -0.2) is 0 Å². The number of piperidine rings is 1. The van der Waals surface area contributed by atoms with Gasteiger partial charge in [0.1, 0.15) is 0 Å². The molecule has 0 bridgehead atoms. The molecule has 0 amide bonds. The third kappa shape index (κ3) is 3.96. The van der Waals surface area contributed by atoms with Crippen molar-refractivity contribution < 1.29 is 0 Å². The molecule has 2 heteroatoms. The van der Waals surface area contributed by atoms with Gasteiger partial charge in [0, 0.05) is 25.2 Å². The van der Waals surface area contributed by atoms with E-state index in [9.17, 15) is 0 Å².